The van der Waals surface area contributed by atoms with Gasteiger partial charge in [0.15, 0.2) is 0 Å². The summed E-state index contributed by atoms with van der Waals surface area (Å²) in [7, 11) is 0. The van der Waals surface area contributed by atoms with Gasteiger partial charge in [-0.1, -0.05) is 25.5 Å². The Labute approximate surface area is 158 Å². The van der Waals surface area contributed by atoms with E-state index >= 15 is 0 Å². The molecule has 0 radical (unpaired) electrons. The van der Waals surface area contributed by atoms with Crippen LogP contribution in [-0.2, 0) is 4.79 Å². The van der Waals surface area contributed by atoms with Gasteiger partial charge < -0.3 is 10.2 Å². The second kappa shape index (κ2) is 9.08. The predicted molar refractivity (Wildman–Crippen MR) is 101 cm³/mol. The van der Waals surface area contributed by atoms with Crippen molar-refractivity contribution in [3.05, 3.63) is 41.6 Å². The summed E-state index contributed by atoms with van der Waals surface area (Å²) in [6, 6.07) is 8.33. The number of hydrogen-bond donors (Lipinski definition) is 1. The van der Waals surface area contributed by atoms with Crippen molar-refractivity contribution >= 4 is 22.7 Å². The highest BCUT2D eigenvalue weighted by atomic mass is 19.1. The normalized spacial score (nSPS) is 18.4. The number of carbonyl (C=O) groups excluding carboxylic acids is 2. The number of rotatable bonds is 3. The maximum Gasteiger partial charge on any atom is 0.252 e. The molecule has 1 N–H and O–H groups in total. The van der Waals surface area contributed by atoms with Crippen LogP contribution < -0.4 is 5.32 Å². The van der Waals surface area contributed by atoms with E-state index in [1.54, 1.807) is 6.07 Å². The number of likely N-dealkylation sites (tertiary alicyclic amines) is 1. The Morgan fingerprint density at radius 3 is 2.81 bits per heavy atom. The highest BCUT2D eigenvalue weighted by molar-refractivity contribution is 6.07. The van der Waals surface area contributed by atoms with Crippen LogP contribution >= 0.6 is 0 Å². The van der Waals surface area contributed by atoms with Gasteiger partial charge in [-0.25, -0.2) is 4.39 Å². The molecule has 1 fully saturated rings. The van der Waals surface area contributed by atoms with E-state index in [2.05, 4.69) is 10.3 Å². The van der Waals surface area contributed by atoms with Gasteiger partial charge in [0.25, 0.3) is 5.91 Å². The third kappa shape index (κ3) is 4.59. The molecule has 3 rings (SSSR count). The second-order valence-corrected chi connectivity index (χ2v) is 6.09. The quantitative estimate of drug-likeness (QED) is 0.900. The van der Waals surface area contributed by atoms with E-state index in [0.717, 1.165) is 5.56 Å². The molecule has 2 heterocycles. The molecule has 7 heteroatoms. The number of nitrogens with one attached hydrogen (secondary N) is 1. The highest BCUT2D eigenvalue weighted by Gasteiger charge is 2.35. The van der Waals surface area contributed by atoms with Gasteiger partial charge in [-0.3, -0.25) is 14.6 Å². The number of nitrogens with zero attached hydrogens (tertiary/aromatic N) is 3. The standard InChI is InChI=1S/C18H17FN4O2.C2H6/c1-11-2-3-16-15(6-11)14(4-5-21-16)18(25)22-9-17(24)23-10-12(19)7-13(23)8-20;1-2/h2-6,12-13H,7,9-10H2,1H3,(H,22,25);1-2H3/t12?,13-;/m0./s1. The van der Waals surface area contributed by atoms with Gasteiger partial charge in [-0.05, 0) is 25.1 Å². The smallest absolute Gasteiger partial charge is 0.252 e. The van der Waals surface area contributed by atoms with Gasteiger partial charge in [0.2, 0.25) is 5.91 Å². The minimum Gasteiger partial charge on any atom is -0.343 e. The molecule has 0 saturated carbocycles. The SMILES string of the molecule is CC.Cc1ccc2nccc(C(=O)NCC(=O)N3CC(F)C[C@H]3C#N)c2c1. The van der Waals surface area contributed by atoms with Crippen molar-refractivity contribution in [2.75, 3.05) is 13.1 Å². The van der Waals surface area contributed by atoms with E-state index in [0.29, 0.717) is 16.5 Å². The third-order valence-corrected chi connectivity index (χ3v) is 4.26. The van der Waals surface area contributed by atoms with Crippen molar-refractivity contribution in [3.8, 4) is 6.07 Å². The van der Waals surface area contributed by atoms with Gasteiger partial charge in [0, 0.05) is 18.0 Å². The van der Waals surface area contributed by atoms with Crippen molar-refractivity contribution in [1.29, 1.82) is 5.26 Å². The minimum atomic E-state index is -1.20. The molecule has 2 atom stereocenters. The van der Waals surface area contributed by atoms with Gasteiger partial charge in [-0.15, -0.1) is 0 Å². The van der Waals surface area contributed by atoms with Crippen LogP contribution in [0.2, 0.25) is 0 Å². The Kier molecular flexibility index (Phi) is 6.83. The number of fused-ring (bicyclic) bond motifs is 1. The van der Waals surface area contributed by atoms with Gasteiger partial charge in [-0.2, -0.15) is 5.26 Å². The number of pyridine rings is 1. The van der Waals surface area contributed by atoms with E-state index in [1.807, 2.05) is 45.0 Å². The predicted octanol–water partition coefficient (Wildman–Crippen LogP) is 2.76. The van der Waals surface area contributed by atoms with Crippen molar-refractivity contribution in [2.45, 2.75) is 39.4 Å². The van der Waals surface area contributed by atoms with Crippen molar-refractivity contribution in [1.82, 2.24) is 15.2 Å². The number of hydrogen-bond acceptors (Lipinski definition) is 4. The number of aromatic nitrogens is 1. The molecule has 2 aromatic rings. The summed E-state index contributed by atoms with van der Waals surface area (Å²) in [6.45, 7) is 5.53. The average molecular weight is 370 g/mol. The second-order valence-electron chi connectivity index (χ2n) is 6.09. The molecule has 1 aliphatic rings. The number of benzene rings is 1. The van der Waals surface area contributed by atoms with Gasteiger partial charge >= 0.3 is 0 Å². The number of carbonyl (C=O) groups is 2. The van der Waals surface area contributed by atoms with Crippen LogP contribution in [0.15, 0.2) is 30.5 Å². The fraction of sp³-hybridized carbons (Fsp3) is 0.400. The number of nitriles is 1. The largest absolute Gasteiger partial charge is 0.343 e. The van der Waals surface area contributed by atoms with Crippen LogP contribution in [0.4, 0.5) is 4.39 Å². The molecule has 1 aliphatic heterocycles. The number of halogens is 1. The van der Waals surface area contributed by atoms with Crippen molar-refractivity contribution < 1.29 is 14.0 Å². The summed E-state index contributed by atoms with van der Waals surface area (Å²) in [5.41, 5.74) is 2.10. The number of aryl methyl sites for hydroxylation is 1. The van der Waals surface area contributed by atoms with E-state index in [9.17, 15) is 14.0 Å². The summed E-state index contributed by atoms with van der Waals surface area (Å²) >= 11 is 0. The van der Waals surface area contributed by atoms with Crippen LogP contribution in [-0.4, -0.2) is 47.0 Å². The van der Waals surface area contributed by atoms with Crippen LogP contribution in [0.3, 0.4) is 0 Å². The maximum atomic E-state index is 13.4. The molecule has 1 aromatic carbocycles. The fourth-order valence-corrected chi connectivity index (χ4v) is 2.99. The zero-order valence-electron chi connectivity index (χ0n) is 15.7. The zero-order valence-corrected chi connectivity index (χ0v) is 15.7. The lowest BCUT2D eigenvalue weighted by atomic mass is 10.1. The molecule has 0 spiro atoms. The van der Waals surface area contributed by atoms with Crippen LogP contribution in [0.1, 0.15) is 36.2 Å². The van der Waals surface area contributed by atoms with Crippen molar-refractivity contribution in [3.63, 3.8) is 0 Å². The molecule has 6 nitrogen and oxygen atoms in total. The van der Waals surface area contributed by atoms with Crippen LogP contribution in [0, 0.1) is 18.3 Å². The molecule has 1 unspecified atom stereocenters. The molecule has 0 aliphatic carbocycles. The maximum absolute atomic E-state index is 13.4. The lowest BCUT2D eigenvalue weighted by Crippen LogP contribution is -2.42. The van der Waals surface area contributed by atoms with E-state index in [4.69, 9.17) is 5.26 Å². The Morgan fingerprint density at radius 2 is 2.11 bits per heavy atom. The molecule has 27 heavy (non-hydrogen) atoms. The van der Waals surface area contributed by atoms with Crippen LogP contribution in [0.25, 0.3) is 10.9 Å². The Balaban J connectivity index is 0.00000126. The van der Waals surface area contributed by atoms with E-state index < -0.39 is 24.0 Å². The zero-order chi connectivity index (χ0) is 20.0. The molecule has 1 aromatic heterocycles. The number of amides is 2. The number of alkyl halides is 1. The fourth-order valence-electron chi connectivity index (χ4n) is 2.99. The lowest BCUT2D eigenvalue weighted by molar-refractivity contribution is -0.130. The minimum absolute atomic E-state index is 0.0183. The molecule has 2 amide bonds. The molecular weight excluding hydrogens is 347 g/mol. The van der Waals surface area contributed by atoms with Crippen molar-refractivity contribution in [2.24, 2.45) is 0 Å². The Hall–Kier alpha value is -3.01. The molecular formula is C20H23FN4O2. The summed E-state index contributed by atoms with van der Waals surface area (Å²) in [6.07, 6.45) is 0.357. The summed E-state index contributed by atoms with van der Waals surface area (Å²) in [5, 5.41) is 12.3. The topological polar surface area (TPSA) is 86.1 Å². The van der Waals surface area contributed by atoms with E-state index in [1.165, 1.54) is 11.1 Å². The first kappa shape index (κ1) is 20.3. The van der Waals surface area contributed by atoms with Crippen LogP contribution in [0.5, 0.6) is 0 Å². The first-order chi connectivity index (χ1) is 13.0. The van der Waals surface area contributed by atoms with Gasteiger partial charge in [0.1, 0.15) is 12.2 Å². The summed E-state index contributed by atoms with van der Waals surface area (Å²) in [4.78, 5) is 30.1. The molecule has 1 saturated heterocycles. The Morgan fingerprint density at radius 1 is 1.37 bits per heavy atom. The highest BCUT2D eigenvalue weighted by Crippen LogP contribution is 2.20. The Bertz CT molecular complexity index is 878. The third-order valence-electron chi connectivity index (χ3n) is 4.26. The first-order valence-corrected chi connectivity index (χ1v) is 8.96. The molecule has 142 valence electrons. The van der Waals surface area contributed by atoms with E-state index in [-0.39, 0.29) is 19.5 Å². The summed E-state index contributed by atoms with van der Waals surface area (Å²) < 4.78 is 13.4. The average Bonchev–Trinajstić information content (AvgIpc) is 3.07. The van der Waals surface area contributed by atoms with Gasteiger partial charge in [0.05, 0.1) is 30.2 Å². The first-order valence-electron chi connectivity index (χ1n) is 8.96. The molecule has 0 bridgehead atoms. The lowest BCUT2D eigenvalue weighted by Gasteiger charge is -2.19. The summed E-state index contributed by atoms with van der Waals surface area (Å²) in [5.74, 6) is -0.870. The monoisotopic (exact) mass is 370 g/mol.